The van der Waals surface area contributed by atoms with Crippen molar-refractivity contribution in [1.82, 2.24) is 0 Å². The topological polar surface area (TPSA) is 20.2 Å². The Labute approximate surface area is 194 Å². The summed E-state index contributed by atoms with van der Waals surface area (Å²) in [6.07, 6.45) is 16.1. The lowest BCUT2D eigenvalue weighted by molar-refractivity contribution is -0.126. The van der Waals surface area contributed by atoms with E-state index >= 15 is 0 Å². The van der Waals surface area contributed by atoms with E-state index in [4.69, 9.17) is 0 Å². The summed E-state index contributed by atoms with van der Waals surface area (Å²) >= 11 is 0. The van der Waals surface area contributed by atoms with Gasteiger partial charge in [0.05, 0.1) is 6.10 Å². The van der Waals surface area contributed by atoms with Gasteiger partial charge in [0.15, 0.2) is 0 Å². The van der Waals surface area contributed by atoms with Crippen LogP contribution in [0.4, 0.5) is 0 Å². The molecule has 1 N–H and O–H groups in total. The highest BCUT2D eigenvalue weighted by Crippen LogP contribution is 2.67. The van der Waals surface area contributed by atoms with E-state index in [9.17, 15) is 5.11 Å². The molecule has 180 valence electrons. The van der Waals surface area contributed by atoms with Gasteiger partial charge in [-0.2, -0.15) is 0 Å². The molecule has 8 atom stereocenters. The van der Waals surface area contributed by atoms with Crippen LogP contribution in [0.3, 0.4) is 0 Å². The van der Waals surface area contributed by atoms with Gasteiger partial charge in [-0.3, -0.25) is 0 Å². The molecular formula is C30H54O. The van der Waals surface area contributed by atoms with Gasteiger partial charge in [0.1, 0.15) is 0 Å². The molecule has 0 aromatic rings. The van der Waals surface area contributed by atoms with Gasteiger partial charge in [-0.1, -0.05) is 60.6 Å². The maximum absolute atomic E-state index is 10.2. The predicted molar refractivity (Wildman–Crippen MR) is 135 cm³/mol. The number of rotatable bonds is 4. The summed E-state index contributed by atoms with van der Waals surface area (Å²) in [5, 5.41) is 10.2. The van der Waals surface area contributed by atoms with Crippen molar-refractivity contribution < 1.29 is 5.11 Å². The van der Waals surface area contributed by atoms with E-state index in [-0.39, 0.29) is 11.5 Å². The van der Waals surface area contributed by atoms with Crippen LogP contribution in [0.5, 0.6) is 0 Å². The Hall–Kier alpha value is -0.300. The average molecular weight is 431 g/mol. The average Bonchev–Trinajstić information content (AvgIpc) is 3.06. The molecule has 1 nitrogen and oxygen atoms in total. The van der Waals surface area contributed by atoms with E-state index in [2.05, 4.69) is 41.2 Å². The third-order valence-electron chi connectivity index (χ3n) is 10.9. The minimum Gasteiger partial charge on any atom is -0.393 e. The molecule has 0 unspecified atom stereocenters. The fourth-order valence-corrected chi connectivity index (χ4v) is 8.76. The van der Waals surface area contributed by atoms with Crippen LogP contribution in [0.25, 0.3) is 0 Å². The van der Waals surface area contributed by atoms with Crippen LogP contribution in [0, 0.1) is 45.8 Å². The quantitative estimate of drug-likeness (QED) is 0.442. The predicted octanol–water partition coefficient (Wildman–Crippen LogP) is 8.81. The van der Waals surface area contributed by atoms with Gasteiger partial charge < -0.3 is 5.11 Å². The van der Waals surface area contributed by atoms with Crippen LogP contribution in [0.1, 0.15) is 126 Å². The van der Waals surface area contributed by atoms with Crippen molar-refractivity contribution in [3.8, 4) is 0 Å². The van der Waals surface area contributed by atoms with Crippen molar-refractivity contribution in [3.63, 3.8) is 0 Å². The SMILES string of the molecule is C=C(CCC[C@H]1CC[C@H]2[C@@H]3CC[C@H]4C[C@@H](O)CC[C@]4(C)[C@H]3CC[C@]12C)C(C)(C)C.CC. The molecule has 0 heterocycles. The molecule has 0 aromatic carbocycles. The van der Waals surface area contributed by atoms with Crippen LogP contribution in [0.15, 0.2) is 12.2 Å². The first-order chi connectivity index (χ1) is 14.6. The van der Waals surface area contributed by atoms with E-state index in [0.29, 0.717) is 10.8 Å². The fraction of sp³-hybridized carbons (Fsp3) is 0.933. The molecule has 0 bridgehead atoms. The van der Waals surface area contributed by atoms with Gasteiger partial charge in [-0.25, -0.2) is 0 Å². The first-order valence-electron chi connectivity index (χ1n) is 13.9. The van der Waals surface area contributed by atoms with E-state index in [1.54, 1.807) is 0 Å². The van der Waals surface area contributed by atoms with E-state index in [1.807, 2.05) is 13.8 Å². The molecule has 0 radical (unpaired) electrons. The summed E-state index contributed by atoms with van der Waals surface area (Å²) in [6.45, 7) is 20.6. The van der Waals surface area contributed by atoms with Gasteiger partial charge in [0, 0.05) is 0 Å². The summed E-state index contributed by atoms with van der Waals surface area (Å²) in [6, 6.07) is 0. The normalized spacial score (nSPS) is 44.4. The highest BCUT2D eigenvalue weighted by atomic mass is 16.3. The largest absolute Gasteiger partial charge is 0.393 e. The number of hydrogen-bond acceptors (Lipinski definition) is 1. The number of allylic oxidation sites excluding steroid dienone is 1. The van der Waals surface area contributed by atoms with E-state index < -0.39 is 0 Å². The molecule has 0 amide bonds. The number of aliphatic hydroxyl groups is 1. The Morgan fingerprint density at radius 3 is 2.23 bits per heavy atom. The van der Waals surface area contributed by atoms with Crippen molar-refractivity contribution in [2.45, 2.75) is 132 Å². The second kappa shape index (κ2) is 9.52. The van der Waals surface area contributed by atoms with E-state index in [0.717, 1.165) is 42.4 Å². The Morgan fingerprint density at radius 2 is 1.55 bits per heavy atom. The van der Waals surface area contributed by atoms with Gasteiger partial charge in [0.2, 0.25) is 0 Å². The lowest BCUT2D eigenvalue weighted by atomic mass is 9.44. The maximum Gasteiger partial charge on any atom is 0.0543 e. The van der Waals surface area contributed by atoms with Crippen LogP contribution < -0.4 is 0 Å². The smallest absolute Gasteiger partial charge is 0.0543 e. The van der Waals surface area contributed by atoms with Crippen LogP contribution in [-0.2, 0) is 0 Å². The fourth-order valence-electron chi connectivity index (χ4n) is 8.76. The Balaban J connectivity index is 0.00000132. The van der Waals surface area contributed by atoms with Crippen molar-refractivity contribution in [1.29, 1.82) is 0 Å². The highest BCUT2D eigenvalue weighted by Gasteiger charge is 2.59. The van der Waals surface area contributed by atoms with Gasteiger partial charge in [-0.15, -0.1) is 0 Å². The molecule has 4 aliphatic rings. The molecular weight excluding hydrogens is 376 g/mol. The number of aliphatic hydroxyl groups excluding tert-OH is 1. The third kappa shape index (κ3) is 4.69. The summed E-state index contributed by atoms with van der Waals surface area (Å²) < 4.78 is 0. The van der Waals surface area contributed by atoms with Crippen LogP contribution in [0.2, 0.25) is 0 Å². The Kier molecular flexibility index (Phi) is 7.77. The minimum atomic E-state index is -0.0165. The zero-order valence-electron chi connectivity index (χ0n) is 22.1. The van der Waals surface area contributed by atoms with Crippen molar-refractivity contribution in [2.75, 3.05) is 0 Å². The number of fused-ring (bicyclic) bond motifs is 5. The molecule has 0 aliphatic heterocycles. The van der Waals surface area contributed by atoms with Crippen molar-refractivity contribution >= 4 is 0 Å². The Bertz CT molecular complexity index is 614. The Morgan fingerprint density at radius 1 is 0.903 bits per heavy atom. The molecule has 0 aromatic heterocycles. The maximum atomic E-state index is 10.2. The van der Waals surface area contributed by atoms with Crippen molar-refractivity contribution in [3.05, 3.63) is 12.2 Å². The van der Waals surface area contributed by atoms with Crippen LogP contribution >= 0.6 is 0 Å². The van der Waals surface area contributed by atoms with E-state index in [1.165, 1.54) is 69.8 Å². The first-order valence-corrected chi connectivity index (χ1v) is 13.9. The standard InChI is InChI=1S/C28H48O.C2H6/c1-19(26(2,3)4)8-7-9-20-11-13-24-23-12-10-21-18-22(29)14-16-28(21,6)25(23)15-17-27(20,24)5;1-2/h20-25,29H,1,7-18H2,2-6H3;1-2H3/t20-,21-,22-,23-,24-,25-,27+,28-;/m0./s1. The molecule has 31 heavy (non-hydrogen) atoms. The summed E-state index contributed by atoms with van der Waals surface area (Å²) in [5.74, 6) is 4.62. The minimum absolute atomic E-state index is 0.0165. The molecule has 4 rings (SSSR count). The summed E-state index contributed by atoms with van der Waals surface area (Å²) in [5.41, 5.74) is 2.82. The van der Waals surface area contributed by atoms with Crippen molar-refractivity contribution in [2.24, 2.45) is 45.8 Å². The molecule has 0 saturated heterocycles. The van der Waals surface area contributed by atoms with Gasteiger partial charge in [0.25, 0.3) is 0 Å². The zero-order valence-corrected chi connectivity index (χ0v) is 22.1. The molecule has 4 aliphatic carbocycles. The highest BCUT2D eigenvalue weighted by molar-refractivity contribution is 5.10. The van der Waals surface area contributed by atoms with Gasteiger partial charge in [-0.05, 0) is 123 Å². The molecule has 4 fully saturated rings. The number of hydrogen-bond donors (Lipinski definition) is 1. The summed E-state index contributed by atoms with van der Waals surface area (Å²) in [4.78, 5) is 0. The third-order valence-corrected chi connectivity index (χ3v) is 10.9. The summed E-state index contributed by atoms with van der Waals surface area (Å²) in [7, 11) is 0. The first kappa shape index (κ1) is 25.3. The zero-order chi connectivity index (χ0) is 23.0. The molecule has 0 spiro atoms. The second-order valence-electron chi connectivity index (χ2n) is 13.1. The molecule has 1 heteroatoms. The van der Waals surface area contributed by atoms with Crippen LogP contribution in [-0.4, -0.2) is 11.2 Å². The second-order valence-corrected chi connectivity index (χ2v) is 13.1. The lowest BCUT2D eigenvalue weighted by Crippen LogP contribution is -2.53. The monoisotopic (exact) mass is 430 g/mol. The lowest BCUT2D eigenvalue weighted by Gasteiger charge is -2.61. The van der Waals surface area contributed by atoms with Gasteiger partial charge >= 0.3 is 0 Å². The molecule has 4 saturated carbocycles.